The zero-order valence-electron chi connectivity index (χ0n) is 10.0. The average molecular weight is 257 g/mol. The second kappa shape index (κ2) is 6.68. The van der Waals surface area contributed by atoms with Crippen LogP contribution in [-0.4, -0.2) is 43.1 Å². The van der Waals surface area contributed by atoms with E-state index in [0.717, 1.165) is 5.56 Å². The van der Waals surface area contributed by atoms with Crippen LogP contribution >= 0.6 is 0 Å². The van der Waals surface area contributed by atoms with Gasteiger partial charge in [-0.05, 0) is 24.1 Å². The van der Waals surface area contributed by atoms with Crippen molar-refractivity contribution in [2.75, 3.05) is 25.4 Å². The quantitative estimate of drug-likeness (QED) is 0.759. The standard InChI is InChI=1S/C11H19N3O2S/c1-2-14(17(15,16)10-6-12)9-5-11-3-7-13-8-4-11/h3-4,7-8H,2,5-6,9-10,12H2,1H3. The highest BCUT2D eigenvalue weighted by Crippen LogP contribution is 2.05. The van der Waals surface area contributed by atoms with Crippen LogP contribution in [0.25, 0.3) is 0 Å². The second-order valence-corrected chi connectivity index (χ2v) is 5.79. The van der Waals surface area contributed by atoms with E-state index in [-0.39, 0.29) is 12.3 Å². The number of pyridine rings is 1. The van der Waals surface area contributed by atoms with Crippen molar-refractivity contribution in [3.8, 4) is 0 Å². The Labute approximate surface area is 103 Å². The van der Waals surface area contributed by atoms with Gasteiger partial charge in [0.2, 0.25) is 10.0 Å². The molecule has 0 atom stereocenters. The van der Waals surface area contributed by atoms with Gasteiger partial charge in [0.1, 0.15) is 0 Å². The van der Waals surface area contributed by atoms with Gasteiger partial charge in [0.05, 0.1) is 5.75 Å². The molecule has 0 saturated carbocycles. The molecule has 1 heterocycles. The van der Waals surface area contributed by atoms with Crippen LogP contribution in [0.5, 0.6) is 0 Å². The normalized spacial score (nSPS) is 11.9. The molecule has 0 saturated heterocycles. The minimum Gasteiger partial charge on any atom is -0.329 e. The van der Waals surface area contributed by atoms with Gasteiger partial charge in [-0.3, -0.25) is 4.98 Å². The van der Waals surface area contributed by atoms with E-state index in [2.05, 4.69) is 4.98 Å². The number of likely N-dealkylation sites (N-methyl/N-ethyl adjacent to an activating group) is 1. The molecular formula is C11H19N3O2S. The fourth-order valence-corrected chi connectivity index (χ4v) is 2.89. The minimum atomic E-state index is -3.20. The molecule has 6 heteroatoms. The first-order valence-electron chi connectivity index (χ1n) is 5.67. The third-order valence-electron chi connectivity index (χ3n) is 2.52. The number of nitrogens with zero attached hydrogens (tertiary/aromatic N) is 2. The van der Waals surface area contributed by atoms with Crippen molar-refractivity contribution in [1.29, 1.82) is 0 Å². The molecule has 2 N–H and O–H groups in total. The van der Waals surface area contributed by atoms with E-state index < -0.39 is 10.0 Å². The molecule has 5 nitrogen and oxygen atoms in total. The van der Waals surface area contributed by atoms with E-state index in [0.29, 0.717) is 19.5 Å². The number of nitrogens with two attached hydrogens (primary N) is 1. The first kappa shape index (κ1) is 14.1. The Morgan fingerprint density at radius 1 is 1.35 bits per heavy atom. The fourth-order valence-electron chi connectivity index (χ4n) is 1.58. The van der Waals surface area contributed by atoms with Gasteiger partial charge in [0, 0.05) is 32.0 Å². The van der Waals surface area contributed by atoms with E-state index in [4.69, 9.17) is 5.73 Å². The minimum absolute atomic E-state index is 0.0111. The molecule has 0 aromatic carbocycles. The molecule has 96 valence electrons. The van der Waals surface area contributed by atoms with Crippen LogP contribution in [0.3, 0.4) is 0 Å². The Morgan fingerprint density at radius 2 is 2.00 bits per heavy atom. The zero-order chi connectivity index (χ0) is 12.7. The molecule has 0 spiro atoms. The highest BCUT2D eigenvalue weighted by molar-refractivity contribution is 7.89. The van der Waals surface area contributed by atoms with Crippen LogP contribution in [-0.2, 0) is 16.4 Å². The summed E-state index contributed by atoms with van der Waals surface area (Å²) in [5, 5.41) is 0. The van der Waals surface area contributed by atoms with Crippen molar-refractivity contribution in [2.45, 2.75) is 13.3 Å². The van der Waals surface area contributed by atoms with Crippen LogP contribution in [0.1, 0.15) is 12.5 Å². The lowest BCUT2D eigenvalue weighted by Crippen LogP contribution is -2.36. The zero-order valence-corrected chi connectivity index (χ0v) is 10.9. The molecular weight excluding hydrogens is 238 g/mol. The summed E-state index contributed by atoms with van der Waals surface area (Å²) in [7, 11) is -3.20. The predicted octanol–water partition coefficient (Wildman–Crippen LogP) is 0.235. The lowest BCUT2D eigenvalue weighted by molar-refractivity contribution is 0.431. The Bertz CT molecular complexity index is 420. The lowest BCUT2D eigenvalue weighted by Gasteiger charge is -2.19. The summed E-state index contributed by atoms with van der Waals surface area (Å²) >= 11 is 0. The maximum absolute atomic E-state index is 11.8. The SMILES string of the molecule is CCN(CCc1ccncc1)S(=O)(=O)CCN. The van der Waals surface area contributed by atoms with Crippen molar-refractivity contribution >= 4 is 10.0 Å². The molecule has 17 heavy (non-hydrogen) atoms. The lowest BCUT2D eigenvalue weighted by atomic mass is 10.2. The van der Waals surface area contributed by atoms with Crippen LogP contribution in [0.4, 0.5) is 0 Å². The predicted molar refractivity (Wildman–Crippen MR) is 68.0 cm³/mol. The summed E-state index contributed by atoms with van der Waals surface area (Å²) < 4.78 is 25.1. The summed E-state index contributed by atoms with van der Waals surface area (Å²) in [5.41, 5.74) is 6.38. The van der Waals surface area contributed by atoms with Gasteiger partial charge in [-0.1, -0.05) is 6.92 Å². The summed E-state index contributed by atoms with van der Waals surface area (Å²) in [6.07, 6.45) is 4.11. The van der Waals surface area contributed by atoms with Crippen molar-refractivity contribution in [2.24, 2.45) is 5.73 Å². The highest BCUT2D eigenvalue weighted by atomic mass is 32.2. The van der Waals surface area contributed by atoms with Crippen LogP contribution in [0, 0.1) is 0 Å². The van der Waals surface area contributed by atoms with Crippen LogP contribution < -0.4 is 5.73 Å². The summed E-state index contributed by atoms with van der Waals surface area (Å²) in [5.74, 6) is 0.0111. The summed E-state index contributed by atoms with van der Waals surface area (Å²) in [6.45, 7) is 2.96. The molecule has 0 aliphatic heterocycles. The molecule has 1 rings (SSSR count). The Hall–Kier alpha value is -0.980. The van der Waals surface area contributed by atoms with Crippen molar-refractivity contribution in [3.63, 3.8) is 0 Å². The van der Waals surface area contributed by atoms with Crippen LogP contribution in [0.2, 0.25) is 0 Å². The smallest absolute Gasteiger partial charge is 0.215 e. The number of aromatic nitrogens is 1. The first-order chi connectivity index (χ1) is 8.10. The van der Waals surface area contributed by atoms with Gasteiger partial charge in [-0.15, -0.1) is 0 Å². The fraction of sp³-hybridized carbons (Fsp3) is 0.545. The van der Waals surface area contributed by atoms with Crippen molar-refractivity contribution in [1.82, 2.24) is 9.29 Å². The maximum Gasteiger partial charge on any atom is 0.215 e. The van der Waals surface area contributed by atoms with Gasteiger partial charge in [0.15, 0.2) is 0 Å². The maximum atomic E-state index is 11.8. The number of hydrogen-bond donors (Lipinski definition) is 1. The molecule has 0 aliphatic carbocycles. The second-order valence-electron chi connectivity index (χ2n) is 3.70. The van der Waals surface area contributed by atoms with Crippen molar-refractivity contribution in [3.05, 3.63) is 30.1 Å². The van der Waals surface area contributed by atoms with Crippen molar-refractivity contribution < 1.29 is 8.42 Å². The molecule has 0 unspecified atom stereocenters. The molecule has 0 aliphatic rings. The topological polar surface area (TPSA) is 76.3 Å². The van der Waals surface area contributed by atoms with Gasteiger partial charge in [0.25, 0.3) is 0 Å². The van der Waals surface area contributed by atoms with Gasteiger partial charge in [-0.2, -0.15) is 0 Å². The molecule has 0 amide bonds. The summed E-state index contributed by atoms with van der Waals surface area (Å²) in [6, 6.07) is 3.78. The van der Waals surface area contributed by atoms with Gasteiger partial charge in [-0.25, -0.2) is 12.7 Å². The third-order valence-corrected chi connectivity index (χ3v) is 4.50. The molecule has 0 bridgehead atoms. The van der Waals surface area contributed by atoms with Gasteiger partial charge >= 0.3 is 0 Å². The number of sulfonamides is 1. The van der Waals surface area contributed by atoms with E-state index in [1.165, 1.54) is 4.31 Å². The Morgan fingerprint density at radius 3 is 2.53 bits per heavy atom. The monoisotopic (exact) mass is 257 g/mol. The number of hydrogen-bond acceptors (Lipinski definition) is 4. The Balaban J connectivity index is 2.59. The Kier molecular flexibility index (Phi) is 5.54. The van der Waals surface area contributed by atoms with E-state index in [1.54, 1.807) is 12.4 Å². The van der Waals surface area contributed by atoms with E-state index in [9.17, 15) is 8.42 Å². The molecule has 1 aromatic rings. The first-order valence-corrected chi connectivity index (χ1v) is 7.28. The third kappa shape index (κ3) is 4.41. The molecule has 0 fully saturated rings. The molecule has 1 aromatic heterocycles. The van der Waals surface area contributed by atoms with E-state index in [1.807, 2.05) is 19.1 Å². The largest absolute Gasteiger partial charge is 0.329 e. The van der Waals surface area contributed by atoms with E-state index >= 15 is 0 Å². The van der Waals surface area contributed by atoms with Crippen LogP contribution in [0.15, 0.2) is 24.5 Å². The summed E-state index contributed by atoms with van der Waals surface area (Å²) in [4.78, 5) is 3.92. The molecule has 0 radical (unpaired) electrons. The average Bonchev–Trinajstić information content (AvgIpc) is 2.30. The number of rotatable bonds is 7. The highest BCUT2D eigenvalue weighted by Gasteiger charge is 2.18. The van der Waals surface area contributed by atoms with Gasteiger partial charge < -0.3 is 5.73 Å².